The number of piperidine rings is 1. The highest BCUT2D eigenvalue weighted by Crippen LogP contribution is 2.38. The molecule has 1 aliphatic carbocycles. The van der Waals surface area contributed by atoms with E-state index in [0.29, 0.717) is 16.8 Å². The standard InChI is InChI=1S/C32H36ClN3O2/c33-27-12-10-26(11-13-27)32(37)14-20-35(21-15-32)19-5-7-24-22-29-25(23-36-17-1-2-18-36)6-3-9-30(29)38-31-28(24)8-4-16-34-31/h3-4,6-13,16,22,25,37H,1-2,5,14-15,17-21,23H2. The summed E-state index contributed by atoms with van der Waals surface area (Å²) in [5.74, 6) is 1.91. The van der Waals surface area contributed by atoms with Crippen LogP contribution in [0.2, 0.25) is 5.02 Å². The molecule has 1 aromatic heterocycles. The van der Waals surface area contributed by atoms with Gasteiger partial charge in [-0.15, -0.1) is 0 Å². The molecule has 3 aliphatic heterocycles. The molecule has 2 fully saturated rings. The molecule has 4 heterocycles. The van der Waals surface area contributed by atoms with Crippen LogP contribution in [-0.4, -0.2) is 59.2 Å². The van der Waals surface area contributed by atoms with Crippen LogP contribution in [-0.2, 0) is 5.60 Å². The van der Waals surface area contributed by atoms with Gasteiger partial charge in [-0.25, -0.2) is 4.98 Å². The third-order valence-corrected chi connectivity index (χ3v) is 8.65. The van der Waals surface area contributed by atoms with Crippen LogP contribution in [0, 0.1) is 5.92 Å². The van der Waals surface area contributed by atoms with Gasteiger partial charge in [0.1, 0.15) is 5.76 Å². The van der Waals surface area contributed by atoms with Gasteiger partial charge in [0.25, 0.3) is 0 Å². The second-order valence-electron chi connectivity index (χ2n) is 10.9. The van der Waals surface area contributed by atoms with Crippen molar-refractivity contribution < 1.29 is 9.84 Å². The Morgan fingerprint density at radius 3 is 2.63 bits per heavy atom. The van der Waals surface area contributed by atoms with E-state index in [0.717, 1.165) is 62.3 Å². The van der Waals surface area contributed by atoms with Crippen LogP contribution < -0.4 is 4.74 Å². The second-order valence-corrected chi connectivity index (χ2v) is 11.4. The molecule has 1 unspecified atom stereocenters. The summed E-state index contributed by atoms with van der Waals surface area (Å²) in [6.07, 6.45) is 18.0. The number of rotatable bonds is 6. The first-order valence-electron chi connectivity index (χ1n) is 13.9. The maximum Gasteiger partial charge on any atom is 0.227 e. The van der Waals surface area contributed by atoms with E-state index >= 15 is 0 Å². The van der Waals surface area contributed by atoms with E-state index in [1.54, 1.807) is 6.20 Å². The molecule has 2 saturated heterocycles. The highest BCUT2D eigenvalue weighted by atomic mass is 35.5. The van der Waals surface area contributed by atoms with E-state index < -0.39 is 5.60 Å². The highest BCUT2D eigenvalue weighted by molar-refractivity contribution is 6.30. The van der Waals surface area contributed by atoms with Crippen molar-refractivity contribution in [2.45, 2.75) is 37.7 Å². The lowest BCUT2D eigenvalue weighted by atomic mass is 9.84. The number of allylic oxidation sites excluding steroid dienone is 5. The SMILES string of the molecule is OC1(c2ccc(Cl)cc2)CCN(CCC=C2C=C3C(=CC=CC3CN3CCCC3)Oc3ncccc32)CC1. The number of benzene rings is 1. The molecule has 6 heteroatoms. The van der Waals surface area contributed by atoms with Gasteiger partial charge in [-0.3, -0.25) is 0 Å². The number of ether oxygens (including phenoxy) is 1. The number of pyridine rings is 1. The molecule has 0 bridgehead atoms. The smallest absolute Gasteiger partial charge is 0.227 e. The maximum absolute atomic E-state index is 11.2. The summed E-state index contributed by atoms with van der Waals surface area (Å²) in [5, 5.41) is 11.9. The molecule has 1 N–H and O–H groups in total. The van der Waals surface area contributed by atoms with Gasteiger partial charge in [-0.05, 0) is 92.7 Å². The predicted octanol–water partition coefficient (Wildman–Crippen LogP) is 5.98. The van der Waals surface area contributed by atoms with Gasteiger partial charge < -0.3 is 19.6 Å². The number of hydrogen-bond donors (Lipinski definition) is 1. The molecule has 2 aromatic rings. The summed E-state index contributed by atoms with van der Waals surface area (Å²) >= 11 is 6.05. The molecule has 0 radical (unpaired) electrons. The lowest BCUT2D eigenvalue weighted by Gasteiger charge is -2.38. The van der Waals surface area contributed by atoms with Gasteiger partial charge in [-0.2, -0.15) is 0 Å². The first-order valence-corrected chi connectivity index (χ1v) is 14.3. The van der Waals surface area contributed by atoms with Crippen molar-refractivity contribution in [2.24, 2.45) is 5.92 Å². The minimum absolute atomic E-state index is 0.318. The monoisotopic (exact) mass is 529 g/mol. The Morgan fingerprint density at radius 1 is 1.05 bits per heavy atom. The van der Waals surface area contributed by atoms with Crippen molar-refractivity contribution in [3.8, 4) is 5.88 Å². The van der Waals surface area contributed by atoms with Crippen molar-refractivity contribution in [3.63, 3.8) is 0 Å². The van der Waals surface area contributed by atoms with Crippen molar-refractivity contribution in [1.29, 1.82) is 0 Å². The Bertz CT molecular complexity index is 1270. The van der Waals surface area contributed by atoms with E-state index in [1.807, 2.05) is 30.3 Å². The summed E-state index contributed by atoms with van der Waals surface area (Å²) in [6, 6.07) is 11.7. The zero-order valence-electron chi connectivity index (χ0n) is 21.9. The Kier molecular flexibility index (Phi) is 7.53. The molecule has 38 heavy (non-hydrogen) atoms. The fourth-order valence-corrected chi connectivity index (χ4v) is 6.27. The maximum atomic E-state index is 11.2. The largest absolute Gasteiger partial charge is 0.438 e. The van der Waals surface area contributed by atoms with E-state index in [4.69, 9.17) is 16.3 Å². The number of aliphatic hydroxyl groups is 1. The number of halogens is 1. The minimum Gasteiger partial charge on any atom is -0.438 e. The van der Waals surface area contributed by atoms with Crippen molar-refractivity contribution in [2.75, 3.05) is 39.3 Å². The number of likely N-dealkylation sites (tertiary alicyclic amines) is 2. The van der Waals surface area contributed by atoms with Gasteiger partial charge in [0, 0.05) is 54.5 Å². The van der Waals surface area contributed by atoms with Crippen molar-refractivity contribution in [1.82, 2.24) is 14.8 Å². The van der Waals surface area contributed by atoms with Crippen LogP contribution in [0.5, 0.6) is 5.88 Å². The summed E-state index contributed by atoms with van der Waals surface area (Å²) < 4.78 is 6.38. The van der Waals surface area contributed by atoms with Crippen molar-refractivity contribution >= 4 is 17.2 Å². The fraction of sp³-hybridized carbons (Fsp3) is 0.406. The van der Waals surface area contributed by atoms with Gasteiger partial charge in [0.15, 0.2) is 0 Å². The molecule has 198 valence electrons. The number of hydrogen-bond acceptors (Lipinski definition) is 5. The lowest BCUT2D eigenvalue weighted by Crippen LogP contribution is -2.42. The first-order chi connectivity index (χ1) is 18.6. The van der Waals surface area contributed by atoms with E-state index in [1.165, 1.54) is 37.1 Å². The Hall–Kier alpha value is -2.70. The molecule has 5 nitrogen and oxygen atoms in total. The number of aromatic nitrogens is 1. The van der Waals surface area contributed by atoms with Crippen LogP contribution in [0.25, 0.3) is 5.57 Å². The van der Waals surface area contributed by atoms with E-state index in [2.05, 4.69) is 51.2 Å². The molecule has 0 amide bonds. The average molecular weight is 530 g/mol. The first kappa shape index (κ1) is 25.6. The van der Waals surface area contributed by atoms with E-state index in [9.17, 15) is 5.11 Å². The van der Waals surface area contributed by atoms with Crippen LogP contribution in [0.4, 0.5) is 0 Å². The minimum atomic E-state index is -0.769. The fourth-order valence-electron chi connectivity index (χ4n) is 6.14. The molecule has 0 spiro atoms. The van der Waals surface area contributed by atoms with Crippen LogP contribution in [0.3, 0.4) is 0 Å². The summed E-state index contributed by atoms with van der Waals surface area (Å²) in [5.41, 5.74) is 3.67. The van der Waals surface area contributed by atoms with Crippen LogP contribution >= 0.6 is 11.6 Å². The summed E-state index contributed by atoms with van der Waals surface area (Å²) in [6.45, 7) is 6.11. The molecule has 1 atom stereocenters. The van der Waals surface area contributed by atoms with Gasteiger partial charge in [0.05, 0.1) is 5.60 Å². The van der Waals surface area contributed by atoms with Gasteiger partial charge in [-0.1, -0.05) is 42.0 Å². The van der Waals surface area contributed by atoms with Crippen LogP contribution in [0.1, 0.15) is 43.2 Å². The molecular weight excluding hydrogens is 494 g/mol. The molecule has 0 saturated carbocycles. The van der Waals surface area contributed by atoms with Gasteiger partial charge >= 0.3 is 0 Å². The third kappa shape index (κ3) is 5.52. The lowest BCUT2D eigenvalue weighted by molar-refractivity contribution is -0.0254. The molecule has 1 aromatic carbocycles. The Balaban J connectivity index is 1.16. The summed E-state index contributed by atoms with van der Waals surface area (Å²) in [7, 11) is 0. The summed E-state index contributed by atoms with van der Waals surface area (Å²) in [4.78, 5) is 9.60. The molecule has 6 rings (SSSR count). The zero-order valence-corrected chi connectivity index (χ0v) is 22.6. The predicted molar refractivity (Wildman–Crippen MR) is 153 cm³/mol. The highest BCUT2D eigenvalue weighted by Gasteiger charge is 2.34. The second kappa shape index (κ2) is 11.2. The van der Waals surface area contributed by atoms with Gasteiger partial charge in [0.2, 0.25) is 5.88 Å². The zero-order chi connectivity index (χ0) is 26.0. The topological polar surface area (TPSA) is 48.8 Å². The van der Waals surface area contributed by atoms with Crippen LogP contribution in [0.15, 0.2) is 84.3 Å². The number of nitrogens with zero attached hydrogens (tertiary/aromatic N) is 3. The average Bonchev–Trinajstić information content (AvgIpc) is 3.38. The normalized spacial score (nSPS) is 24.3. The number of fused-ring (bicyclic) bond motifs is 2. The third-order valence-electron chi connectivity index (χ3n) is 8.40. The Morgan fingerprint density at radius 2 is 1.84 bits per heavy atom. The molecule has 4 aliphatic rings. The molecular formula is C32H36ClN3O2. The van der Waals surface area contributed by atoms with Crippen molar-refractivity contribution in [3.05, 3.63) is 100 Å². The Labute approximate surface area is 230 Å². The quantitative estimate of drug-likeness (QED) is 0.499. The van der Waals surface area contributed by atoms with E-state index in [-0.39, 0.29) is 0 Å².